The van der Waals surface area contributed by atoms with E-state index in [4.69, 9.17) is 4.42 Å². The number of aliphatic hydroxyl groups is 1. The predicted molar refractivity (Wildman–Crippen MR) is 52.7 cm³/mol. The maximum Gasteiger partial charge on any atom is 0.0963 e. The molecule has 1 aromatic heterocycles. The second-order valence-corrected chi connectivity index (χ2v) is 4.86. The fourth-order valence-electron chi connectivity index (χ4n) is 3.32. The van der Waals surface area contributed by atoms with E-state index in [1.54, 1.807) is 12.5 Å². The number of hydrogen-bond acceptors (Lipinski definition) is 2. The first-order valence-electron chi connectivity index (χ1n) is 5.54. The van der Waals surface area contributed by atoms with E-state index in [9.17, 15) is 5.11 Å². The molecule has 1 heterocycles. The summed E-state index contributed by atoms with van der Waals surface area (Å²) < 4.78 is 5.08. The fraction of sp³-hybridized carbons (Fsp3) is 0.667. The van der Waals surface area contributed by atoms with Crippen molar-refractivity contribution in [3.8, 4) is 0 Å². The average Bonchev–Trinajstić information content (AvgIpc) is 2.72. The molecular weight excluding hydrogens is 176 g/mol. The topological polar surface area (TPSA) is 33.4 Å². The molecule has 0 radical (unpaired) electrons. The van der Waals surface area contributed by atoms with Gasteiger partial charge in [0.05, 0.1) is 18.1 Å². The summed E-state index contributed by atoms with van der Waals surface area (Å²) in [5.74, 6) is 1.20. The lowest BCUT2D eigenvalue weighted by Crippen LogP contribution is -2.44. The molecule has 1 unspecified atom stereocenters. The van der Waals surface area contributed by atoms with E-state index in [0.717, 1.165) is 17.9 Å². The van der Waals surface area contributed by atoms with Crippen molar-refractivity contribution in [1.82, 2.24) is 0 Å². The summed E-state index contributed by atoms with van der Waals surface area (Å²) in [7, 11) is 0. The van der Waals surface area contributed by atoms with E-state index < -0.39 is 5.60 Å². The fourth-order valence-corrected chi connectivity index (χ4v) is 3.32. The molecule has 0 aliphatic heterocycles. The third-order valence-corrected chi connectivity index (χ3v) is 4.14. The first-order chi connectivity index (χ1) is 6.79. The standard InChI is InChI=1S/C12H16O2/c13-12(11-5-6-14-8-11)7-9-1-3-10(12)4-2-9/h5-6,8-10,13H,1-4,7H2. The highest BCUT2D eigenvalue weighted by Gasteiger charge is 2.47. The Morgan fingerprint density at radius 3 is 2.57 bits per heavy atom. The van der Waals surface area contributed by atoms with Gasteiger partial charge in [-0.1, -0.05) is 0 Å². The molecule has 3 aliphatic carbocycles. The molecule has 1 aromatic rings. The Labute approximate surface area is 83.9 Å². The maximum absolute atomic E-state index is 10.7. The highest BCUT2D eigenvalue weighted by molar-refractivity contribution is 5.20. The quantitative estimate of drug-likeness (QED) is 0.742. The van der Waals surface area contributed by atoms with Gasteiger partial charge in [-0.25, -0.2) is 0 Å². The van der Waals surface area contributed by atoms with Gasteiger partial charge in [-0.15, -0.1) is 0 Å². The third kappa shape index (κ3) is 1.07. The van der Waals surface area contributed by atoms with Crippen molar-refractivity contribution in [2.24, 2.45) is 11.8 Å². The lowest BCUT2D eigenvalue weighted by molar-refractivity contribution is -0.104. The molecule has 76 valence electrons. The maximum atomic E-state index is 10.7. The van der Waals surface area contributed by atoms with E-state index >= 15 is 0 Å². The molecule has 0 spiro atoms. The number of fused-ring (bicyclic) bond motifs is 3. The zero-order valence-corrected chi connectivity index (χ0v) is 8.28. The van der Waals surface area contributed by atoms with Crippen LogP contribution in [0.25, 0.3) is 0 Å². The van der Waals surface area contributed by atoms with E-state index in [1.165, 1.54) is 25.7 Å². The van der Waals surface area contributed by atoms with Crippen molar-refractivity contribution in [3.05, 3.63) is 24.2 Å². The minimum absolute atomic E-state index is 0.463. The Bertz CT molecular complexity index is 309. The Kier molecular flexibility index (Phi) is 1.75. The largest absolute Gasteiger partial charge is 0.472 e. The molecule has 14 heavy (non-hydrogen) atoms. The molecule has 0 amide bonds. The molecule has 2 bridgehead atoms. The molecule has 3 aliphatic rings. The molecular formula is C12H16O2. The van der Waals surface area contributed by atoms with Gasteiger partial charge in [-0.2, -0.15) is 0 Å². The minimum atomic E-state index is -0.575. The first-order valence-corrected chi connectivity index (χ1v) is 5.54. The van der Waals surface area contributed by atoms with Crippen LogP contribution >= 0.6 is 0 Å². The van der Waals surface area contributed by atoms with Crippen molar-refractivity contribution in [1.29, 1.82) is 0 Å². The third-order valence-electron chi connectivity index (χ3n) is 4.14. The lowest BCUT2D eigenvalue weighted by atomic mass is 9.60. The monoisotopic (exact) mass is 192 g/mol. The van der Waals surface area contributed by atoms with E-state index in [-0.39, 0.29) is 0 Å². The molecule has 1 N–H and O–H groups in total. The van der Waals surface area contributed by atoms with Gasteiger partial charge >= 0.3 is 0 Å². The predicted octanol–water partition coefficient (Wildman–Crippen LogP) is 2.68. The second kappa shape index (κ2) is 2.86. The van der Waals surface area contributed by atoms with Crippen LogP contribution in [0.3, 0.4) is 0 Å². The van der Waals surface area contributed by atoms with Crippen LogP contribution in [-0.4, -0.2) is 5.11 Å². The molecule has 2 nitrogen and oxygen atoms in total. The lowest BCUT2D eigenvalue weighted by Gasteiger charge is -2.48. The Balaban J connectivity index is 1.96. The summed E-state index contributed by atoms with van der Waals surface area (Å²) in [5, 5.41) is 10.7. The van der Waals surface area contributed by atoms with Crippen LogP contribution in [-0.2, 0) is 5.60 Å². The molecule has 0 saturated heterocycles. The summed E-state index contributed by atoms with van der Waals surface area (Å²) in [6.45, 7) is 0. The Hall–Kier alpha value is -0.760. The molecule has 0 aromatic carbocycles. The summed E-state index contributed by atoms with van der Waals surface area (Å²) in [6.07, 6.45) is 9.31. The van der Waals surface area contributed by atoms with Gasteiger partial charge in [0.25, 0.3) is 0 Å². The van der Waals surface area contributed by atoms with Gasteiger partial charge in [0.2, 0.25) is 0 Å². The van der Waals surface area contributed by atoms with Crippen LogP contribution in [0.1, 0.15) is 37.7 Å². The van der Waals surface area contributed by atoms with Crippen LogP contribution in [0.2, 0.25) is 0 Å². The minimum Gasteiger partial charge on any atom is -0.472 e. The highest BCUT2D eigenvalue weighted by atomic mass is 16.3. The van der Waals surface area contributed by atoms with Gasteiger partial charge < -0.3 is 9.52 Å². The number of hydrogen-bond donors (Lipinski definition) is 1. The molecule has 4 rings (SSSR count). The summed E-state index contributed by atoms with van der Waals surface area (Å²) >= 11 is 0. The summed E-state index contributed by atoms with van der Waals surface area (Å²) in [4.78, 5) is 0. The zero-order chi connectivity index (χ0) is 9.60. The van der Waals surface area contributed by atoms with Crippen LogP contribution in [0.4, 0.5) is 0 Å². The summed E-state index contributed by atoms with van der Waals surface area (Å²) in [5.41, 5.74) is 0.417. The number of furan rings is 1. The first kappa shape index (κ1) is 8.54. The van der Waals surface area contributed by atoms with Crippen molar-refractivity contribution >= 4 is 0 Å². The van der Waals surface area contributed by atoms with Crippen LogP contribution in [0.15, 0.2) is 23.0 Å². The van der Waals surface area contributed by atoms with Gasteiger partial charge in [0, 0.05) is 5.56 Å². The van der Waals surface area contributed by atoms with Gasteiger partial charge in [-0.05, 0) is 50.0 Å². The Morgan fingerprint density at radius 1 is 1.29 bits per heavy atom. The van der Waals surface area contributed by atoms with E-state index in [2.05, 4.69) is 0 Å². The van der Waals surface area contributed by atoms with Gasteiger partial charge in [0.15, 0.2) is 0 Å². The smallest absolute Gasteiger partial charge is 0.0963 e. The Morgan fingerprint density at radius 2 is 2.07 bits per heavy atom. The number of rotatable bonds is 1. The van der Waals surface area contributed by atoms with Crippen LogP contribution < -0.4 is 0 Å². The molecule has 1 atom stereocenters. The van der Waals surface area contributed by atoms with Crippen LogP contribution in [0.5, 0.6) is 0 Å². The normalized spacial score (nSPS) is 41.5. The van der Waals surface area contributed by atoms with Gasteiger partial charge in [-0.3, -0.25) is 0 Å². The van der Waals surface area contributed by atoms with Gasteiger partial charge in [0.1, 0.15) is 0 Å². The SMILES string of the molecule is OC1(c2ccoc2)CC2CCC1CC2. The van der Waals surface area contributed by atoms with E-state index in [0.29, 0.717) is 5.92 Å². The highest BCUT2D eigenvalue weighted by Crippen LogP contribution is 2.52. The zero-order valence-electron chi connectivity index (χ0n) is 8.28. The molecule has 2 heteroatoms. The van der Waals surface area contributed by atoms with Crippen molar-refractivity contribution in [2.75, 3.05) is 0 Å². The van der Waals surface area contributed by atoms with Crippen molar-refractivity contribution in [2.45, 2.75) is 37.7 Å². The van der Waals surface area contributed by atoms with Crippen LogP contribution in [0, 0.1) is 11.8 Å². The molecule has 3 saturated carbocycles. The van der Waals surface area contributed by atoms with Crippen molar-refractivity contribution in [3.63, 3.8) is 0 Å². The average molecular weight is 192 g/mol. The second-order valence-electron chi connectivity index (χ2n) is 4.86. The summed E-state index contributed by atoms with van der Waals surface area (Å²) in [6, 6.07) is 1.92. The molecule has 3 fully saturated rings. The van der Waals surface area contributed by atoms with Crippen molar-refractivity contribution < 1.29 is 9.52 Å². The van der Waals surface area contributed by atoms with E-state index in [1.807, 2.05) is 6.07 Å².